The van der Waals surface area contributed by atoms with Crippen molar-refractivity contribution in [2.45, 2.75) is 63.3 Å². The van der Waals surface area contributed by atoms with Crippen molar-refractivity contribution in [3.8, 4) is 17.2 Å². The number of nitrogens with one attached hydrogen (secondary N) is 1. The maximum absolute atomic E-state index is 14.2. The molecular weight excluding hydrogens is 532 g/mol. The van der Waals surface area contributed by atoms with E-state index < -0.39 is 44.6 Å². The van der Waals surface area contributed by atoms with Crippen LogP contribution in [0.1, 0.15) is 50.3 Å². The Morgan fingerprint density at radius 1 is 1.08 bits per heavy atom. The minimum Gasteiger partial charge on any atom is -0.347 e. The summed E-state index contributed by atoms with van der Waals surface area (Å²) in [5, 5.41) is 8.35. The van der Waals surface area contributed by atoms with Crippen molar-refractivity contribution >= 4 is 20.9 Å². The van der Waals surface area contributed by atoms with E-state index in [-0.39, 0.29) is 53.4 Å². The quantitative estimate of drug-likeness (QED) is 0.305. The Bertz CT molecular complexity index is 1500. The summed E-state index contributed by atoms with van der Waals surface area (Å²) in [5.41, 5.74) is -1.77. The Morgan fingerprint density at radius 2 is 1.74 bits per heavy atom. The molecule has 0 saturated heterocycles. The maximum Gasteiger partial charge on any atom is 0.417 e. The van der Waals surface area contributed by atoms with Gasteiger partial charge in [-0.05, 0) is 41.5 Å². The van der Waals surface area contributed by atoms with Gasteiger partial charge in [0.1, 0.15) is 6.04 Å². The van der Waals surface area contributed by atoms with Gasteiger partial charge in [0.25, 0.3) is 0 Å². The van der Waals surface area contributed by atoms with Gasteiger partial charge in [0.15, 0.2) is 0 Å². The zero-order valence-corrected chi connectivity index (χ0v) is 21.3. The fourth-order valence-corrected chi connectivity index (χ4v) is 6.05. The summed E-state index contributed by atoms with van der Waals surface area (Å²) in [7, 11) is -4.24. The number of rotatable bonds is 8. The van der Waals surface area contributed by atoms with E-state index in [1.165, 1.54) is 47.2 Å². The van der Waals surface area contributed by atoms with Crippen molar-refractivity contribution in [1.29, 1.82) is 5.26 Å². The molecule has 12 heteroatoms. The van der Waals surface area contributed by atoms with Gasteiger partial charge in [0, 0.05) is 35.6 Å². The number of hydrogen-bond acceptors (Lipinski definition) is 3. The maximum atomic E-state index is 14.2. The van der Waals surface area contributed by atoms with Crippen molar-refractivity contribution in [2.75, 3.05) is 0 Å². The fourth-order valence-electron chi connectivity index (χ4n) is 4.51. The summed E-state index contributed by atoms with van der Waals surface area (Å²) in [6.45, 7) is 3.55. The highest BCUT2D eigenvalue weighted by Crippen LogP contribution is 2.43. The van der Waals surface area contributed by atoms with Crippen molar-refractivity contribution in [3.63, 3.8) is 0 Å². The van der Waals surface area contributed by atoms with Gasteiger partial charge in [0.05, 0.1) is 16.9 Å². The average Bonchev–Trinajstić information content (AvgIpc) is 3.61. The van der Waals surface area contributed by atoms with Crippen LogP contribution in [-0.2, 0) is 22.7 Å². The number of hydrogen-bond donors (Lipinski definition) is 1. The molecule has 1 aliphatic carbocycles. The molecule has 1 heterocycles. The van der Waals surface area contributed by atoms with Crippen LogP contribution in [0.15, 0.2) is 48.7 Å². The van der Waals surface area contributed by atoms with Crippen LogP contribution >= 0.6 is 0 Å². The van der Waals surface area contributed by atoms with E-state index in [1.54, 1.807) is 13.8 Å². The van der Waals surface area contributed by atoms with Crippen LogP contribution in [0.2, 0.25) is 0 Å². The van der Waals surface area contributed by atoms with Crippen LogP contribution in [0.4, 0.5) is 26.3 Å². The third kappa shape index (κ3) is 5.83. The molecule has 0 spiro atoms. The van der Waals surface area contributed by atoms with E-state index in [0.717, 1.165) is 6.07 Å². The Balaban J connectivity index is 1.92. The van der Waals surface area contributed by atoms with Gasteiger partial charge in [-0.1, -0.05) is 44.2 Å². The molecule has 38 heavy (non-hydrogen) atoms. The smallest absolute Gasteiger partial charge is 0.347 e. The van der Waals surface area contributed by atoms with E-state index in [0.29, 0.717) is 0 Å². The van der Waals surface area contributed by atoms with E-state index in [2.05, 4.69) is 0 Å². The van der Waals surface area contributed by atoms with E-state index in [4.69, 9.17) is 0 Å². The summed E-state index contributed by atoms with van der Waals surface area (Å²) < 4.78 is 112. The van der Waals surface area contributed by atoms with Crippen LogP contribution in [0.25, 0.3) is 22.0 Å². The molecule has 0 radical (unpaired) electrons. The van der Waals surface area contributed by atoms with Gasteiger partial charge in [-0.25, -0.2) is 8.42 Å². The zero-order chi connectivity index (χ0) is 28.1. The molecule has 1 aromatic heterocycles. The largest absolute Gasteiger partial charge is 0.417 e. The highest BCUT2D eigenvalue weighted by molar-refractivity contribution is 7.90. The molecule has 0 bridgehead atoms. The Kier molecular flexibility index (Phi) is 7.08. The number of nitrogens with zero attached hydrogens (tertiary/aromatic N) is 2. The number of aromatic nitrogens is 1. The summed E-state index contributed by atoms with van der Waals surface area (Å²) >= 11 is 0. The molecule has 204 valence electrons. The first-order valence-electron chi connectivity index (χ1n) is 11.8. The average molecular weight is 558 g/mol. The number of sulfonamides is 1. The lowest BCUT2D eigenvalue weighted by molar-refractivity contribution is -0.152. The predicted octanol–water partition coefficient (Wildman–Crippen LogP) is 6.95. The summed E-state index contributed by atoms with van der Waals surface area (Å²) in [4.78, 5) is 0. The van der Waals surface area contributed by atoms with Gasteiger partial charge in [0.2, 0.25) is 10.0 Å². The normalized spacial score (nSPS) is 16.0. The Hall–Kier alpha value is -3.04. The molecule has 1 atom stereocenters. The van der Waals surface area contributed by atoms with Gasteiger partial charge in [-0.3, -0.25) is 0 Å². The number of nitriles is 1. The fraction of sp³-hybridized carbons (Fsp3) is 0.423. The van der Waals surface area contributed by atoms with Crippen LogP contribution in [-0.4, -0.2) is 24.4 Å². The van der Waals surface area contributed by atoms with Gasteiger partial charge in [-0.2, -0.15) is 36.3 Å². The third-order valence-electron chi connectivity index (χ3n) is 6.50. The second kappa shape index (κ2) is 9.61. The van der Waals surface area contributed by atoms with Crippen LogP contribution in [0, 0.1) is 16.7 Å². The second-order valence-corrected chi connectivity index (χ2v) is 12.3. The first kappa shape index (κ1) is 28.0. The monoisotopic (exact) mass is 557 g/mol. The Morgan fingerprint density at radius 3 is 2.32 bits per heavy atom. The lowest BCUT2D eigenvalue weighted by Crippen LogP contribution is -2.39. The number of benzene rings is 2. The molecule has 1 N–H and O–H groups in total. The van der Waals surface area contributed by atoms with Crippen LogP contribution < -0.4 is 4.72 Å². The van der Waals surface area contributed by atoms with Gasteiger partial charge < -0.3 is 4.57 Å². The van der Waals surface area contributed by atoms with E-state index in [1.807, 2.05) is 10.8 Å². The van der Waals surface area contributed by atoms with Crippen LogP contribution in [0.5, 0.6) is 0 Å². The molecule has 0 amide bonds. The van der Waals surface area contributed by atoms with E-state index >= 15 is 0 Å². The zero-order valence-electron chi connectivity index (χ0n) is 20.5. The van der Waals surface area contributed by atoms with E-state index in [9.17, 15) is 40.0 Å². The number of alkyl halides is 6. The number of fused-ring (bicyclic) bond motifs is 1. The molecule has 5 nitrogen and oxygen atoms in total. The van der Waals surface area contributed by atoms with Gasteiger partial charge >= 0.3 is 12.4 Å². The molecule has 1 aliphatic rings. The molecular formula is C26H25F6N3O2S. The van der Waals surface area contributed by atoms with Crippen molar-refractivity contribution in [1.82, 2.24) is 9.29 Å². The first-order chi connectivity index (χ1) is 17.5. The molecule has 1 fully saturated rings. The van der Waals surface area contributed by atoms with Crippen molar-refractivity contribution in [2.24, 2.45) is 5.41 Å². The second-order valence-electron chi connectivity index (χ2n) is 10.3. The van der Waals surface area contributed by atoms with Crippen molar-refractivity contribution < 1.29 is 34.8 Å². The summed E-state index contributed by atoms with van der Waals surface area (Å²) in [5.74, 6) is 0. The molecule has 0 unspecified atom stereocenters. The van der Waals surface area contributed by atoms with Crippen molar-refractivity contribution in [3.05, 3.63) is 59.8 Å². The first-order valence-corrected chi connectivity index (χ1v) is 13.3. The standard InChI is InChI=1S/C26H25F6N3O2S/c1-24(2,11-12-33)15-35-14-20(23(26(30,31)32)34-38(36,37)17-8-9-17)19-10-7-16(13-22(19)35)18-5-3-4-6-21(18)25(27,28)29/h3-7,10,13-14,17,23,34H,8-9,11,15H2,1-2H3/t23-/m0/s1. The molecule has 0 aliphatic heterocycles. The highest BCUT2D eigenvalue weighted by Gasteiger charge is 2.48. The summed E-state index contributed by atoms with van der Waals surface area (Å²) in [6.07, 6.45) is -7.86. The minimum absolute atomic E-state index is 0.0480. The van der Waals surface area contributed by atoms with Crippen LogP contribution in [0.3, 0.4) is 0 Å². The predicted molar refractivity (Wildman–Crippen MR) is 130 cm³/mol. The lowest BCUT2D eigenvalue weighted by Gasteiger charge is -2.23. The minimum atomic E-state index is -4.98. The lowest BCUT2D eigenvalue weighted by atomic mass is 9.90. The third-order valence-corrected chi connectivity index (χ3v) is 8.41. The molecule has 3 aromatic rings. The molecule has 1 saturated carbocycles. The Labute approximate surface area is 216 Å². The molecule has 4 rings (SSSR count). The molecule has 2 aromatic carbocycles. The SMILES string of the molecule is CC(C)(CC#N)Cn1cc([C@H](NS(=O)(=O)C2CC2)C(F)(F)F)c2ccc(-c3ccccc3C(F)(F)F)cc21. The summed E-state index contributed by atoms with van der Waals surface area (Å²) in [6, 6.07) is 8.31. The number of halogens is 6. The topological polar surface area (TPSA) is 74.9 Å². The highest BCUT2D eigenvalue weighted by atomic mass is 32.2. The van der Waals surface area contributed by atoms with Gasteiger partial charge in [-0.15, -0.1) is 0 Å².